The van der Waals surface area contributed by atoms with Crippen LogP contribution >= 0.6 is 0 Å². The number of nitrogens with two attached hydrogens (primary N) is 2. The van der Waals surface area contributed by atoms with Gasteiger partial charge in [0.1, 0.15) is 0 Å². The van der Waals surface area contributed by atoms with Crippen molar-refractivity contribution in [3.63, 3.8) is 0 Å². The van der Waals surface area contributed by atoms with E-state index in [1.54, 1.807) is 13.8 Å². The van der Waals surface area contributed by atoms with Gasteiger partial charge in [-0.05, 0) is 25.0 Å². The van der Waals surface area contributed by atoms with Gasteiger partial charge in [0.15, 0.2) is 21.2 Å². The first kappa shape index (κ1) is 18.5. The van der Waals surface area contributed by atoms with Crippen LogP contribution in [0.1, 0.15) is 51.3 Å². The molecule has 0 unspecified atom stereocenters. The highest BCUT2D eigenvalue weighted by atomic mass is 32.2. The number of aromatic nitrogens is 1. The summed E-state index contributed by atoms with van der Waals surface area (Å²) in [7, 11) is -4.20. The van der Waals surface area contributed by atoms with Gasteiger partial charge in [-0.3, -0.25) is 14.6 Å². The van der Waals surface area contributed by atoms with Crippen molar-refractivity contribution in [3.8, 4) is 0 Å². The Morgan fingerprint density at radius 1 is 1.33 bits per heavy atom. The molecule has 1 atom stereocenters. The van der Waals surface area contributed by atoms with Crippen LogP contribution in [0.25, 0.3) is 0 Å². The molecule has 1 heterocycles. The third-order valence-corrected chi connectivity index (χ3v) is 5.81. The van der Waals surface area contributed by atoms with E-state index in [0.717, 1.165) is 0 Å². The lowest BCUT2D eigenvalue weighted by Crippen LogP contribution is -2.63. The molecule has 0 fully saturated rings. The van der Waals surface area contributed by atoms with Crippen molar-refractivity contribution in [2.75, 3.05) is 5.75 Å². The van der Waals surface area contributed by atoms with Crippen LogP contribution in [0.4, 0.5) is 0 Å². The van der Waals surface area contributed by atoms with E-state index < -0.39 is 38.0 Å². The van der Waals surface area contributed by atoms with E-state index in [2.05, 4.69) is 4.98 Å². The van der Waals surface area contributed by atoms with Crippen molar-refractivity contribution in [1.29, 1.82) is 0 Å². The maximum atomic E-state index is 12.8. The summed E-state index contributed by atoms with van der Waals surface area (Å²) < 4.78 is 34.1. The predicted molar refractivity (Wildman–Crippen MR) is 92.1 cm³/mol. The van der Waals surface area contributed by atoms with Gasteiger partial charge in [0.05, 0.1) is 11.0 Å². The van der Waals surface area contributed by atoms with E-state index in [1.165, 1.54) is 24.5 Å². The molecular weight excluding hydrogens is 330 g/mol. The number of Topliss-reactive ketones (excluding diaryl/α,β-unsaturated/α-hetero) is 1. The highest BCUT2D eigenvalue weighted by Gasteiger charge is 2.46. The molecule has 0 aliphatic carbocycles. The van der Waals surface area contributed by atoms with E-state index >= 15 is 0 Å². The van der Waals surface area contributed by atoms with E-state index in [1.807, 2.05) is 0 Å². The summed E-state index contributed by atoms with van der Waals surface area (Å²) in [4.78, 5) is 28.3. The Bertz CT molecular complexity index is 718. The zero-order valence-corrected chi connectivity index (χ0v) is 14.8. The molecule has 7 nitrogen and oxygen atoms in total. The molecule has 4 N–H and O–H groups in total. The number of amides is 1. The molecule has 0 radical (unpaired) electrons. The van der Waals surface area contributed by atoms with Gasteiger partial charge < -0.3 is 11.5 Å². The first-order chi connectivity index (χ1) is 11.5. The summed E-state index contributed by atoms with van der Waals surface area (Å²) in [6, 6.07) is 2.84. The summed E-state index contributed by atoms with van der Waals surface area (Å²) in [5.74, 6) is -3.18. The Morgan fingerprint density at radius 2 is 1.92 bits per heavy atom. The number of sulfone groups is 1. The number of hydrogen-bond acceptors (Lipinski definition) is 6. The summed E-state index contributed by atoms with van der Waals surface area (Å²) in [6.45, 7) is 3.53. The predicted octanol–water partition coefficient (Wildman–Crippen LogP) is 0.831. The second-order valence-corrected chi connectivity index (χ2v) is 7.80. The van der Waals surface area contributed by atoms with E-state index in [0.29, 0.717) is 12.8 Å². The van der Waals surface area contributed by atoms with Gasteiger partial charge >= 0.3 is 0 Å². The zero-order chi connectivity index (χ0) is 19.3. The van der Waals surface area contributed by atoms with Crippen LogP contribution in [0.5, 0.6) is 0 Å². The van der Waals surface area contributed by atoms with Crippen LogP contribution in [-0.4, -0.2) is 41.6 Å². The number of primary amides is 1. The van der Waals surface area contributed by atoms with Crippen molar-refractivity contribution in [1.82, 2.24) is 4.98 Å². The van der Waals surface area contributed by atoms with Gasteiger partial charge in [-0.2, -0.15) is 0 Å². The van der Waals surface area contributed by atoms with E-state index in [-0.39, 0.29) is 18.4 Å². The van der Waals surface area contributed by atoms with Gasteiger partial charge in [0.2, 0.25) is 5.91 Å². The van der Waals surface area contributed by atoms with Crippen molar-refractivity contribution in [2.45, 2.75) is 50.3 Å². The molecule has 8 heteroatoms. The van der Waals surface area contributed by atoms with Crippen molar-refractivity contribution >= 4 is 21.5 Å². The minimum atomic E-state index is -4.20. The van der Waals surface area contributed by atoms with Gasteiger partial charge in [-0.1, -0.05) is 26.7 Å². The molecule has 24 heavy (non-hydrogen) atoms. The van der Waals surface area contributed by atoms with Crippen LogP contribution < -0.4 is 11.5 Å². The molecule has 0 aliphatic heterocycles. The van der Waals surface area contributed by atoms with Crippen LogP contribution in [0.15, 0.2) is 24.5 Å². The molecule has 1 aromatic rings. The van der Waals surface area contributed by atoms with Crippen molar-refractivity contribution in [3.05, 3.63) is 30.1 Å². The van der Waals surface area contributed by atoms with E-state index in [9.17, 15) is 18.0 Å². The number of carbonyl (C=O) groups excluding carboxylic acids is 2. The lowest BCUT2D eigenvalue weighted by molar-refractivity contribution is -0.120. The number of nitrogens with zero attached hydrogens (tertiary/aromatic N) is 1. The number of ketones is 1. The molecule has 0 bridgehead atoms. The third kappa shape index (κ3) is 4.61. The maximum absolute atomic E-state index is 12.8. The van der Waals surface area contributed by atoms with E-state index in [4.69, 9.17) is 12.8 Å². The van der Waals surface area contributed by atoms with Gasteiger partial charge in [-0.15, -0.1) is 0 Å². The Morgan fingerprint density at radius 3 is 2.33 bits per heavy atom. The van der Waals surface area contributed by atoms with Gasteiger partial charge in [-0.25, -0.2) is 8.42 Å². The largest absolute Gasteiger partial charge is 0.368 e. The minimum absolute atomic E-state index is 0.0134. The molecule has 0 saturated heterocycles. The lowest BCUT2D eigenvalue weighted by Gasteiger charge is -2.27. The Labute approximate surface area is 144 Å². The number of pyridine rings is 1. The monoisotopic (exact) mass is 356 g/mol. The highest BCUT2D eigenvalue weighted by Crippen LogP contribution is 2.21. The van der Waals surface area contributed by atoms with Gasteiger partial charge in [0, 0.05) is 19.3 Å². The smallest absolute Gasteiger partial charge is 0.246 e. The summed E-state index contributed by atoms with van der Waals surface area (Å²) in [5, 5.41) is -1.81. The molecule has 1 rings (SSSR count). The molecular formula is C16H25N3O4S. The second kappa shape index (κ2) is 8.34. The molecule has 134 valence electrons. The highest BCUT2D eigenvalue weighted by molar-refractivity contribution is 7.92. The normalized spacial score (nSPS) is 15.4. The lowest BCUT2D eigenvalue weighted by atomic mass is 9.92. The second-order valence-electron chi connectivity index (χ2n) is 5.70. The van der Waals surface area contributed by atoms with Crippen LogP contribution in [0.2, 0.25) is 0 Å². The summed E-state index contributed by atoms with van der Waals surface area (Å²) in [6.07, 6.45) is 3.71. The molecule has 1 aromatic heterocycles. The Hall–Kier alpha value is -1.80. The Kier molecular flexibility index (Phi) is 6.44. The SMILES string of the molecule is [2H]C(CCC)(CCC)S(=O)(=O)C[C@](N)(C(N)=O)C(=O)c1cccnc1. The maximum Gasteiger partial charge on any atom is 0.246 e. The first-order valence-corrected chi connectivity index (χ1v) is 9.45. The zero-order valence-electron chi connectivity index (χ0n) is 15.0. The molecule has 1 amide bonds. The van der Waals surface area contributed by atoms with Crippen LogP contribution in [-0.2, 0) is 14.6 Å². The van der Waals surface area contributed by atoms with Crippen LogP contribution in [0, 0.1) is 0 Å². The van der Waals surface area contributed by atoms with Crippen LogP contribution in [0.3, 0.4) is 0 Å². The quantitative estimate of drug-likeness (QED) is 0.471. The fourth-order valence-corrected chi connectivity index (χ4v) is 4.51. The average molecular weight is 356 g/mol. The minimum Gasteiger partial charge on any atom is -0.368 e. The van der Waals surface area contributed by atoms with Crippen molar-refractivity contribution < 1.29 is 19.4 Å². The van der Waals surface area contributed by atoms with Crippen molar-refractivity contribution in [2.24, 2.45) is 11.5 Å². The summed E-state index contributed by atoms with van der Waals surface area (Å²) in [5.41, 5.74) is 8.69. The number of rotatable bonds is 10. The fraction of sp³-hybridized carbons (Fsp3) is 0.562. The first-order valence-electron chi connectivity index (χ1n) is 8.30. The molecule has 0 saturated carbocycles. The average Bonchev–Trinajstić information content (AvgIpc) is 2.54. The number of carbonyl (C=O) groups is 2. The number of hydrogen-bond donors (Lipinski definition) is 2. The third-order valence-electron chi connectivity index (χ3n) is 3.68. The Balaban J connectivity index is 3.32. The molecule has 0 aromatic carbocycles. The molecule has 0 aliphatic rings. The fourth-order valence-electron chi connectivity index (χ4n) is 2.40. The van der Waals surface area contributed by atoms with Gasteiger partial charge in [0.25, 0.3) is 0 Å². The molecule has 0 spiro atoms. The topological polar surface area (TPSA) is 133 Å². The standard InChI is InChI=1S/C16H25N3O4S/c1-3-6-13(7-4-2)24(22,23)11-16(18,15(17)21)14(20)12-8-5-9-19-10-12/h5,8-10,13H,3-4,6-7,11,18H2,1-2H3,(H2,17,21)/t16-/m1/s1/i13D. The summed E-state index contributed by atoms with van der Waals surface area (Å²) >= 11 is 0.